The van der Waals surface area contributed by atoms with Gasteiger partial charge in [-0.3, -0.25) is 33.8 Å². The second-order valence-electron chi connectivity index (χ2n) is 13.0. The summed E-state index contributed by atoms with van der Waals surface area (Å²) in [5.74, 6) is -9.23. The highest BCUT2D eigenvalue weighted by Gasteiger charge is 2.69. The SMILES string of the molecule is CN(C)[C@@H]1C(=O)C(C(N)=O)C(=O)[C@@]2(O)C(=O)C3C(=O)c4c(O)cc(CN5CC6CCCCC6C5)c(Cl)c4C[C@H]3C[C@@H]12. The average molecular weight is 586 g/mol. The summed E-state index contributed by atoms with van der Waals surface area (Å²) in [7, 11) is 3.12. The summed E-state index contributed by atoms with van der Waals surface area (Å²) in [6, 6.07) is 0.354. The van der Waals surface area contributed by atoms with Crippen LogP contribution in [0.2, 0.25) is 5.02 Å². The van der Waals surface area contributed by atoms with Gasteiger partial charge in [0, 0.05) is 30.6 Å². The van der Waals surface area contributed by atoms with Crippen LogP contribution in [0, 0.1) is 35.5 Å². The Hall–Kier alpha value is -2.66. The van der Waals surface area contributed by atoms with Crippen LogP contribution in [-0.2, 0) is 32.1 Å². The quantitative estimate of drug-likeness (QED) is 0.441. The zero-order valence-corrected chi connectivity index (χ0v) is 24.0. The van der Waals surface area contributed by atoms with Crippen LogP contribution in [0.4, 0.5) is 0 Å². The molecule has 4 N–H and O–H groups in total. The first kappa shape index (κ1) is 28.5. The number of phenols is 1. The molecule has 10 nitrogen and oxygen atoms in total. The Kier molecular flexibility index (Phi) is 6.92. The molecule has 1 saturated heterocycles. The standard InChI is InChI=1S/C30H36ClN3O7/c1-33(2)24-18-8-15-7-17-21(25(36)20(15)27(38)30(18,41)28(39)22(26(24)37)29(32)40)19(35)9-16(23(17)31)12-34-10-13-5-3-4-6-14(13)11-34/h9,13-15,18,20,22,24,35,41H,3-8,10-12H2,1-2H3,(H2,32,40)/t13?,14?,15-,18-,20?,22?,24-,30-/m0/s1. The number of rotatable bonds is 4. The van der Waals surface area contributed by atoms with Gasteiger partial charge in [-0.2, -0.15) is 0 Å². The summed E-state index contributed by atoms with van der Waals surface area (Å²) in [6.45, 7) is 2.48. The number of halogens is 1. The Morgan fingerprint density at radius 1 is 1.10 bits per heavy atom. The number of primary amides is 1. The van der Waals surface area contributed by atoms with Crippen molar-refractivity contribution in [1.29, 1.82) is 0 Å². The van der Waals surface area contributed by atoms with Gasteiger partial charge in [0.2, 0.25) is 5.91 Å². The van der Waals surface area contributed by atoms with E-state index in [0.29, 0.717) is 34.5 Å². The fourth-order valence-corrected chi connectivity index (χ4v) is 8.98. The minimum atomic E-state index is -2.73. The second kappa shape index (κ2) is 9.97. The van der Waals surface area contributed by atoms with Gasteiger partial charge in [-0.1, -0.05) is 24.4 Å². The lowest BCUT2D eigenvalue weighted by atomic mass is 9.52. The van der Waals surface area contributed by atoms with E-state index in [0.717, 1.165) is 13.1 Å². The van der Waals surface area contributed by atoms with E-state index >= 15 is 0 Å². The summed E-state index contributed by atoms with van der Waals surface area (Å²) in [6.07, 6.45) is 5.12. The minimum Gasteiger partial charge on any atom is -0.507 e. The highest BCUT2D eigenvalue weighted by molar-refractivity contribution is 6.34. The number of nitrogens with zero attached hydrogens (tertiary/aromatic N) is 2. The van der Waals surface area contributed by atoms with Crippen LogP contribution in [-0.4, -0.2) is 87.9 Å². The van der Waals surface area contributed by atoms with Crippen molar-refractivity contribution < 1.29 is 34.2 Å². The van der Waals surface area contributed by atoms with Crippen molar-refractivity contribution in [1.82, 2.24) is 9.80 Å². The highest BCUT2D eigenvalue weighted by Crippen LogP contribution is 2.52. The molecule has 4 aliphatic carbocycles. The Bertz CT molecular complexity index is 1360. The molecule has 1 aromatic rings. The van der Waals surface area contributed by atoms with Crippen LogP contribution < -0.4 is 5.73 Å². The van der Waals surface area contributed by atoms with E-state index < -0.39 is 64.4 Å². The van der Waals surface area contributed by atoms with E-state index in [9.17, 15) is 34.2 Å². The van der Waals surface area contributed by atoms with Crippen LogP contribution in [0.25, 0.3) is 0 Å². The molecule has 1 amide bonds. The van der Waals surface area contributed by atoms with Crippen LogP contribution >= 0.6 is 11.6 Å². The van der Waals surface area contributed by atoms with Crippen LogP contribution in [0.3, 0.4) is 0 Å². The molecule has 11 heteroatoms. The maximum atomic E-state index is 13.9. The number of benzene rings is 1. The Morgan fingerprint density at radius 3 is 2.32 bits per heavy atom. The first-order valence-electron chi connectivity index (χ1n) is 14.5. The molecular weight excluding hydrogens is 550 g/mol. The number of fused-ring (bicyclic) bond motifs is 4. The molecule has 8 atom stereocenters. The summed E-state index contributed by atoms with van der Waals surface area (Å²) in [5.41, 5.74) is 3.72. The van der Waals surface area contributed by atoms with E-state index in [1.54, 1.807) is 14.1 Å². The predicted molar refractivity (Wildman–Crippen MR) is 147 cm³/mol. The van der Waals surface area contributed by atoms with Gasteiger partial charge in [0.05, 0.1) is 17.5 Å². The van der Waals surface area contributed by atoms with Gasteiger partial charge in [-0.15, -0.1) is 0 Å². The molecule has 1 aromatic carbocycles. The third-order valence-electron chi connectivity index (χ3n) is 10.5. The maximum Gasteiger partial charge on any atom is 0.235 e. The number of phenolic OH excluding ortho intramolecular Hbond substituents is 1. The summed E-state index contributed by atoms with van der Waals surface area (Å²) in [5, 5.41) is 23.1. The molecule has 0 aromatic heterocycles. The van der Waals surface area contributed by atoms with Crippen molar-refractivity contribution in [2.45, 2.75) is 56.7 Å². The molecule has 0 bridgehead atoms. The van der Waals surface area contributed by atoms with E-state index in [1.165, 1.54) is 36.6 Å². The first-order valence-corrected chi connectivity index (χ1v) is 14.8. The number of amides is 1. The van der Waals surface area contributed by atoms with Crippen molar-refractivity contribution in [3.05, 3.63) is 27.8 Å². The van der Waals surface area contributed by atoms with Crippen molar-refractivity contribution in [2.24, 2.45) is 41.2 Å². The number of likely N-dealkylation sites (N-methyl/N-ethyl adjacent to an activating group) is 1. The molecule has 1 aliphatic heterocycles. The van der Waals surface area contributed by atoms with Crippen LogP contribution in [0.1, 0.15) is 53.6 Å². The number of Topliss-reactive ketones (excluding diaryl/α,β-unsaturated/α-hetero) is 4. The Morgan fingerprint density at radius 2 is 1.73 bits per heavy atom. The van der Waals surface area contributed by atoms with Crippen LogP contribution in [0.15, 0.2) is 6.07 Å². The number of hydrogen-bond acceptors (Lipinski definition) is 9. The fraction of sp³-hybridized carbons (Fsp3) is 0.633. The number of aromatic hydroxyl groups is 1. The van der Waals surface area contributed by atoms with E-state index in [4.69, 9.17) is 17.3 Å². The maximum absolute atomic E-state index is 13.9. The third kappa shape index (κ3) is 4.12. The Labute approximate surface area is 243 Å². The molecule has 6 rings (SSSR count). The van der Waals surface area contributed by atoms with Crippen LogP contribution in [0.5, 0.6) is 5.75 Å². The van der Waals surface area contributed by atoms with Crippen molar-refractivity contribution >= 4 is 40.6 Å². The number of carbonyl (C=O) groups excluding carboxylic acids is 5. The van der Waals surface area contributed by atoms with Gasteiger partial charge in [-0.25, -0.2) is 0 Å². The number of hydrogen-bond donors (Lipinski definition) is 3. The lowest BCUT2D eigenvalue weighted by Crippen LogP contribution is -2.74. The smallest absolute Gasteiger partial charge is 0.235 e. The average Bonchev–Trinajstić information content (AvgIpc) is 3.31. The first-order chi connectivity index (χ1) is 19.4. The van der Waals surface area contributed by atoms with Gasteiger partial charge < -0.3 is 15.9 Å². The fourth-order valence-electron chi connectivity index (χ4n) is 8.70. The van der Waals surface area contributed by atoms with Gasteiger partial charge in [0.1, 0.15) is 5.75 Å². The van der Waals surface area contributed by atoms with Gasteiger partial charge in [-0.05, 0) is 74.7 Å². The number of likely N-dealkylation sites (tertiary alicyclic amines) is 1. The molecule has 4 unspecified atom stereocenters. The normalized spacial score (nSPS) is 37.0. The molecular formula is C30H36ClN3O7. The molecule has 220 valence electrons. The lowest BCUT2D eigenvalue weighted by Gasteiger charge is -2.52. The van der Waals surface area contributed by atoms with Gasteiger partial charge in [0.15, 0.2) is 34.7 Å². The molecule has 1 heterocycles. The summed E-state index contributed by atoms with van der Waals surface area (Å²) >= 11 is 6.91. The number of nitrogens with two attached hydrogens (primary N) is 1. The topological polar surface area (TPSA) is 158 Å². The number of ketones is 4. The molecule has 41 heavy (non-hydrogen) atoms. The van der Waals surface area contributed by atoms with Gasteiger partial charge in [0.25, 0.3) is 0 Å². The third-order valence-corrected chi connectivity index (χ3v) is 11.0. The molecule has 4 fully saturated rings. The summed E-state index contributed by atoms with van der Waals surface area (Å²) in [4.78, 5) is 70.3. The zero-order valence-electron chi connectivity index (χ0n) is 23.3. The van der Waals surface area contributed by atoms with Crippen molar-refractivity contribution in [3.63, 3.8) is 0 Å². The zero-order chi connectivity index (χ0) is 29.5. The molecule has 0 spiro atoms. The highest BCUT2D eigenvalue weighted by atomic mass is 35.5. The molecule has 0 radical (unpaired) electrons. The van der Waals surface area contributed by atoms with E-state index in [1.807, 2.05) is 0 Å². The number of carbonyl (C=O) groups is 5. The monoisotopic (exact) mass is 585 g/mol. The summed E-state index contributed by atoms with van der Waals surface area (Å²) < 4.78 is 0. The van der Waals surface area contributed by atoms with E-state index in [-0.39, 0.29) is 24.2 Å². The Balaban J connectivity index is 1.36. The van der Waals surface area contributed by atoms with E-state index in [2.05, 4.69) is 4.90 Å². The van der Waals surface area contributed by atoms with Gasteiger partial charge >= 0.3 is 0 Å². The largest absolute Gasteiger partial charge is 0.507 e. The predicted octanol–water partition coefficient (Wildman–Crippen LogP) is 1.14. The molecule has 5 aliphatic rings. The van der Waals surface area contributed by atoms with Crippen molar-refractivity contribution in [2.75, 3.05) is 27.2 Å². The lowest BCUT2D eigenvalue weighted by molar-refractivity contribution is -0.181. The minimum absolute atomic E-state index is 0.000693. The second-order valence-corrected chi connectivity index (χ2v) is 13.4. The van der Waals surface area contributed by atoms with Crippen molar-refractivity contribution in [3.8, 4) is 5.75 Å². The molecule has 3 saturated carbocycles. The number of aliphatic hydroxyl groups is 1.